The van der Waals surface area contributed by atoms with Crippen LogP contribution in [0.2, 0.25) is 0 Å². The van der Waals surface area contributed by atoms with E-state index in [9.17, 15) is 13.2 Å². The molecule has 2 aromatic carbocycles. The second kappa shape index (κ2) is 8.13. The monoisotopic (exact) mass is 361 g/mol. The maximum absolute atomic E-state index is 12.3. The second-order valence-corrected chi connectivity index (χ2v) is 7.91. The number of hydrogen-bond donors (Lipinski definition) is 3. The highest BCUT2D eigenvalue weighted by molar-refractivity contribution is 7.92. The van der Waals surface area contributed by atoms with E-state index in [1.54, 1.807) is 42.5 Å². The fraction of sp³-hybridized carbons (Fsp3) is 0.278. The molecule has 0 unspecified atom stereocenters. The molecule has 0 radical (unpaired) electrons. The van der Waals surface area contributed by atoms with Crippen molar-refractivity contribution in [3.8, 4) is 0 Å². The van der Waals surface area contributed by atoms with E-state index in [2.05, 4.69) is 10.0 Å². The highest BCUT2D eigenvalue weighted by Gasteiger charge is 2.16. The van der Waals surface area contributed by atoms with Gasteiger partial charge in [-0.2, -0.15) is 0 Å². The Kier molecular flexibility index (Phi) is 6.17. The zero-order chi connectivity index (χ0) is 18.4. The third-order valence-corrected chi connectivity index (χ3v) is 4.90. The molecule has 0 saturated carbocycles. The van der Waals surface area contributed by atoms with Gasteiger partial charge in [0.15, 0.2) is 0 Å². The van der Waals surface area contributed by atoms with Gasteiger partial charge in [-0.1, -0.05) is 38.1 Å². The Balaban J connectivity index is 2.10. The summed E-state index contributed by atoms with van der Waals surface area (Å²) in [7, 11) is -3.68. The molecule has 25 heavy (non-hydrogen) atoms. The van der Waals surface area contributed by atoms with Gasteiger partial charge in [-0.05, 0) is 42.7 Å². The van der Waals surface area contributed by atoms with Gasteiger partial charge in [0.05, 0.1) is 16.6 Å². The number of amides is 1. The Hall–Kier alpha value is -2.38. The molecular formula is C18H23N3O3S. The van der Waals surface area contributed by atoms with Crippen molar-refractivity contribution in [3.63, 3.8) is 0 Å². The molecule has 0 spiro atoms. The van der Waals surface area contributed by atoms with Crippen molar-refractivity contribution in [2.45, 2.75) is 31.2 Å². The van der Waals surface area contributed by atoms with E-state index in [1.807, 2.05) is 13.8 Å². The van der Waals surface area contributed by atoms with E-state index in [-0.39, 0.29) is 10.8 Å². The lowest BCUT2D eigenvalue weighted by Gasteiger charge is -2.15. The van der Waals surface area contributed by atoms with Gasteiger partial charge in [-0.25, -0.2) is 8.42 Å². The summed E-state index contributed by atoms with van der Waals surface area (Å²) < 4.78 is 27.2. The molecule has 7 heteroatoms. The predicted molar refractivity (Wildman–Crippen MR) is 99.8 cm³/mol. The number of anilines is 2. The lowest BCUT2D eigenvalue weighted by Crippen LogP contribution is -2.36. The number of nitrogens with one attached hydrogen (secondary N) is 2. The third kappa shape index (κ3) is 5.58. The Morgan fingerprint density at radius 2 is 1.68 bits per heavy atom. The predicted octanol–water partition coefficient (Wildman–Crippen LogP) is 2.80. The van der Waals surface area contributed by atoms with Crippen LogP contribution in [0.15, 0.2) is 59.5 Å². The van der Waals surface area contributed by atoms with Crippen LogP contribution in [-0.4, -0.2) is 20.4 Å². The van der Waals surface area contributed by atoms with Crippen LogP contribution < -0.4 is 15.8 Å². The minimum Gasteiger partial charge on any atom is -0.325 e. The number of hydrogen-bond acceptors (Lipinski definition) is 4. The van der Waals surface area contributed by atoms with Gasteiger partial charge in [0.25, 0.3) is 10.0 Å². The van der Waals surface area contributed by atoms with Crippen molar-refractivity contribution in [2.24, 2.45) is 11.7 Å². The molecule has 2 rings (SSSR count). The molecule has 0 aromatic heterocycles. The summed E-state index contributed by atoms with van der Waals surface area (Å²) in [6.07, 6.45) is 0.576. The Morgan fingerprint density at radius 3 is 2.32 bits per heavy atom. The third-order valence-electron chi connectivity index (χ3n) is 3.50. The zero-order valence-electron chi connectivity index (χ0n) is 14.3. The fourth-order valence-corrected chi connectivity index (χ4v) is 3.39. The van der Waals surface area contributed by atoms with Crippen molar-refractivity contribution < 1.29 is 13.2 Å². The normalized spacial score (nSPS) is 12.6. The largest absolute Gasteiger partial charge is 0.325 e. The van der Waals surface area contributed by atoms with Crippen molar-refractivity contribution in [2.75, 3.05) is 10.0 Å². The SMILES string of the molecule is CC(C)C[C@H](N)C(=O)Nc1cccc(NS(=O)(=O)c2ccccc2)c1. The minimum atomic E-state index is -3.68. The van der Waals surface area contributed by atoms with E-state index in [1.165, 1.54) is 12.1 Å². The highest BCUT2D eigenvalue weighted by Crippen LogP contribution is 2.19. The lowest BCUT2D eigenvalue weighted by atomic mass is 10.0. The van der Waals surface area contributed by atoms with Crippen LogP contribution in [0.4, 0.5) is 11.4 Å². The van der Waals surface area contributed by atoms with E-state index >= 15 is 0 Å². The summed E-state index contributed by atoms with van der Waals surface area (Å²) >= 11 is 0. The molecule has 0 aliphatic heterocycles. The van der Waals surface area contributed by atoms with E-state index in [0.717, 1.165) is 0 Å². The van der Waals surface area contributed by atoms with Crippen molar-refractivity contribution in [1.29, 1.82) is 0 Å². The van der Waals surface area contributed by atoms with Gasteiger partial charge >= 0.3 is 0 Å². The number of carbonyl (C=O) groups excluding carboxylic acids is 1. The maximum Gasteiger partial charge on any atom is 0.261 e. The van der Waals surface area contributed by atoms with Crippen LogP contribution in [-0.2, 0) is 14.8 Å². The molecule has 6 nitrogen and oxygen atoms in total. The first-order valence-electron chi connectivity index (χ1n) is 8.02. The number of carbonyl (C=O) groups is 1. The average molecular weight is 361 g/mol. The highest BCUT2D eigenvalue weighted by atomic mass is 32.2. The molecule has 0 heterocycles. The van der Waals surface area contributed by atoms with E-state index < -0.39 is 16.1 Å². The second-order valence-electron chi connectivity index (χ2n) is 6.22. The van der Waals surface area contributed by atoms with Crippen LogP contribution in [0.5, 0.6) is 0 Å². The van der Waals surface area contributed by atoms with Gasteiger partial charge in [0.2, 0.25) is 5.91 Å². The van der Waals surface area contributed by atoms with Crippen LogP contribution in [0.1, 0.15) is 20.3 Å². The first-order valence-corrected chi connectivity index (χ1v) is 9.50. The Morgan fingerprint density at radius 1 is 1.04 bits per heavy atom. The molecule has 0 aliphatic rings. The maximum atomic E-state index is 12.3. The van der Waals surface area contributed by atoms with Crippen molar-refractivity contribution >= 4 is 27.3 Å². The minimum absolute atomic E-state index is 0.170. The van der Waals surface area contributed by atoms with E-state index in [0.29, 0.717) is 23.7 Å². The number of sulfonamides is 1. The summed E-state index contributed by atoms with van der Waals surface area (Å²) in [6.45, 7) is 3.98. The standard InChI is InChI=1S/C18H23N3O3S/c1-13(2)11-17(19)18(22)20-14-7-6-8-15(12-14)21-25(23,24)16-9-4-3-5-10-16/h3-10,12-13,17,21H,11,19H2,1-2H3,(H,20,22)/t17-/m0/s1. The first kappa shape index (κ1) is 19.0. The zero-order valence-corrected chi connectivity index (χ0v) is 15.1. The molecule has 0 aliphatic carbocycles. The molecule has 4 N–H and O–H groups in total. The molecule has 134 valence electrons. The summed E-state index contributed by atoms with van der Waals surface area (Å²) in [5, 5.41) is 2.71. The summed E-state index contributed by atoms with van der Waals surface area (Å²) in [5.74, 6) is 0.0153. The number of benzene rings is 2. The van der Waals surface area contributed by atoms with Gasteiger partial charge in [-0.15, -0.1) is 0 Å². The quantitative estimate of drug-likeness (QED) is 0.706. The van der Waals surface area contributed by atoms with Crippen LogP contribution in [0, 0.1) is 5.92 Å². The summed E-state index contributed by atoms with van der Waals surface area (Å²) in [4.78, 5) is 12.3. The van der Waals surface area contributed by atoms with Gasteiger partial charge in [0.1, 0.15) is 0 Å². The topological polar surface area (TPSA) is 101 Å². The molecule has 0 bridgehead atoms. The molecule has 2 aromatic rings. The number of nitrogens with two attached hydrogens (primary N) is 1. The number of rotatable bonds is 7. The van der Waals surface area contributed by atoms with Gasteiger partial charge in [0, 0.05) is 5.69 Å². The first-order chi connectivity index (χ1) is 11.8. The lowest BCUT2D eigenvalue weighted by molar-refractivity contribution is -0.117. The molecule has 1 atom stereocenters. The van der Waals surface area contributed by atoms with Crippen LogP contribution >= 0.6 is 0 Å². The summed E-state index contributed by atoms with van der Waals surface area (Å²) in [6, 6.07) is 14.0. The Labute approximate surface area is 148 Å². The Bertz CT molecular complexity index is 820. The van der Waals surface area contributed by atoms with Gasteiger partial charge in [-0.3, -0.25) is 9.52 Å². The van der Waals surface area contributed by atoms with Crippen LogP contribution in [0.3, 0.4) is 0 Å². The molecule has 1 amide bonds. The van der Waals surface area contributed by atoms with Crippen LogP contribution in [0.25, 0.3) is 0 Å². The molecule has 0 fully saturated rings. The van der Waals surface area contributed by atoms with Crippen molar-refractivity contribution in [3.05, 3.63) is 54.6 Å². The molecule has 0 saturated heterocycles. The average Bonchev–Trinajstić information content (AvgIpc) is 2.55. The smallest absolute Gasteiger partial charge is 0.261 e. The van der Waals surface area contributed by atoms with Gasteiger partial charge < -0.3 is 11.1 Å². The molecular weight excluding hydrogens is 338 g/mol. The van der Waals surface area contributed by atoms with Crippen molar-refractivity contribution in [1.82, 2.24) is 0 Å². The fourth-order valence-electron chi connectivity index (χ4n) is 2.32. The van der Waals surface area contributed by atoms with E-state index in [4.69, 9.17) is 5.73 Å². The summed E-state index contributed by atoms with van der Waals surface area (Å²) in [5.41, 5.74) is 6.70.